The normalized spacial score (nSPS) is 11.2. The van der Waals surface area contributed by atoms with E-state index < -0.39 is 4.92 Å². The molecule has 4 rings (SSSR count). The highest BCUT2D eigenvalue weighted by atomic mass is 35.5. The van der Waals surface area contributed by atoms with Crippen molar-refractivity contribution in [2.45, 2.75) is 5.16 Å². The van der Waals surface area contributed by atoms with E-state index in [9.17, 15) is 14.9 Å². The summed E-state index contributed by atoms with van der Waals surface area (Å²) >= 11 is 7.27. The third-order valence-corrected chi connectivity index (χ3v) is 6.34. The number of nitrogens with one attached hydrogen (secondary N) is 1. The van der Waals surface area contributed by atoms with Crippen molar-refractivity contribution in [3.63, 3.8) is 0 Å². The van der Waals surface area contributed by atoms with Crippen LogP contribution in [0.25, 0.3) is 23.2 Å². The molecule has 0 saturated heterocycles. The molecule has 12 heteroatoms. The van der Waals surface area contributed by atoms with Crippen LogP contribution in [0.15, 0.2) is 89.1 Å². The summed E-state index contributed by atoms with van der Waals surface area (Å²) in [4.78, 5) is 23.0. The Morgan fingerprint density at radius 3 is 2.58 bits per heavy atom. The molecule has 38 heavy (non-hydrogen) atoms. The number of allylic oxidation sites excluding steroid dienone is 1. The van der Waals surface area contributed by atoms with E-state index in [1.54, 1.807) is 37.4 Å². The molecule has 4 aromatic rings. The number of nitro benzene ring substituents is 1. The maximum Gasteiger partial charge on any atom is 0.276 e. The van der Waals surface area contributed by atoms with Crippen molar-refractivity contribution < 1.29 is 14.5 Å². The van der Waals surface area contributed by atoms with E-state index in [0.29, 0.717) is 21.6 Å². The van der Waals surface area contributed by atoms with Gasteiger partial charge in [0.15, 0.2) is 11.0 Å². The highest BCUT2D eigenvalue weighted by Gasteiger charge is 2.17. The third-order valence-electron chi connectivity index (χ3n) is 5.16. The van der Waals surface area contributed by atoms with Crippen molar-refractivity contribution in [1.82, 2.24) is 20.2 Å². The predicted molar refractivity (Wildman–Crippen MR) is 148 cm³/mol. The van der Waals surface area contributed by atoms with E-state index in [4.69, 9.17) is 16.3 Å². The molecule has 10 nitrogen and oxygen atoms in total. The van der Waals surface area contributed by atoms with Crippen molar-refractivity contribution in [3.05, 3.63) is 99.6 Å². The molecule has 1 heterocycles. The van der Waals surface area contributed by atoms with Crippen LogP contribution >= 0.6 is 23.4 Å². The number of benzene rings is 3. The van der Waals surface area contributed by atoms with E-state index in [1.807, 2.05) is 41.0 Å². The number of carbonyl (C=O) groups excluding carboxylic acids is 1. The second-order valence-corrected chi connectivity index (χ2v) is 9.00. The number of nitro groups is 1. The fourth-order valence-corrected chi connectivity index (χ4v) is 4.24. The summed E-state index contributed by atoms with van der Waals surface area (Å²) in [6, 6.07) is 21.0. The second-order valence-electron chi connectivity index (χ2n) is 7.62. The number of para-hydroxylation sites is 1. The van der Waals surface area contributed by atoms with Crippen LogP contribution in [0.2, 0.25) is 5.02 Å². The lowest BCUT2D eigenvalue weighted by molar-refractivity contribution is -0.385. The summed E-state index contributed by atoms with van der Waals surface area (Å²) in [5.74, 6) is 0.979. The number of nitrogens with zero attached hydrogens (tertiary/aromatic N) is 5. The first-order valence-corrected chi connectivity index (χ1v) is 12.5. The fraction of sp³-hybridized carbons (Fsp3) is 0.0769. The van der Waals surface area contributed by atoms with Gasteiger partial charge in [0.1, 0.15) is 5.75 Å². The van der Waals surface area contributed by atoms with Crippen molar-refractivity contribution in [2.75, 3.05) is 12.9 Å². The van der Waals surface area contributed by atoms with Gasteiger partial charge in [-0.25, -0.2) is 5.43 Å². The summed E-state index contributed by atoms with van der Waals surface area (Å²) in [6.07, 6.45) is 4.39. The van der Waals surface area contributed by atoms with Crippen LogP contribution in [0.3, 0.4) is 0 Å². The molecule has 0 atom stereocenters. The Kier molecular flexibility index (Phi) is 8.85. The highest BCUT2D eigenvalue weighted by Crippen LogP contribution is 2.29. The molecule has 0 fully saturated rings. The van der Waals surface area contributed by atoms with Gasteiger partial charge in [0.25, 0.3) is 11.6 Å². The zero-order valence-electron chi connectivity index (χ0n) is 20.0. The van der Waals surface area contributed by atoms with E-state index in [1.165, 1.54) is 36.2 Å². The summed E-state index contributed by atoms with van der Waals surface area (Å²) < 4.78 is 7.08. The molecule has 0 unspecified atom stereocenters. The van der Waals surface area contributed by atoms with Crippen molar-refractivity contribution in [1.29, 1.82) is 0 Å². The molecule has 0 spiro atoms. The minimum Gasteiger partial charge on any atom is -0.497 e. The number of aromatic nitrogens is 3. The fourth-order valence-electron chi connectivity index (χ4n) is 3.37. The first-order chi connectivity index (χ1) is 18.5. The van der Waals surface area contributed by atoms with Gasteiger partial charge in [-0.3, -0.25) is 19.5 Å². The number of thioether (sulfide) groups is 1. The molecule has 3 aromatic carbocycles. The molecule has 0 aliphatic rings. The quantitative estimate of drug-likeness (QED) is 0.121. The van der Waals surface area contributed by atoms with Crippen LogP contribution in [-0.2, 0) is 4.79 Å². The maximum atomic E-state index is 12.4. The van der Waals surface area contributed by atoms with Crippen LogP contribution in [0, 0.1) is 10.1 Å². The number of methoxy groups -OCH3 is 1. The smallest absolute Gasteiger partial charge is 0.276 e. The lowest BCUT2D eigenvalue weighted by Crippen LogP contribution is -2.19. The van der Waals surface area contributed by atoms with Crippen molar-refractivity contribution in [3.8, 4) is 22.8 Å². The molecule has 1 amide bonds. The van der Waals surface area contributed by atoms with Crippen LogP contribution in [-0.4, -0.2) is 44.7 Å². The van der Waals surface area contributed by atoms with Gasteiger partial charge in [-0.15, -0.1) is 10.2 Å². The first kappa shape index (κ1) is 26.6. The lowest BCUT2D eigenvalue weighted by atomic mass is 10.2. The predicted octanol–water partition coefficient (Wildman–Crippen LogP) is 5.41. The highest BCUT2D eigenvalue weighted by molar-refractivity contribution is 7.99. The Morgan fingerprint density at radius 2 is 1.87 bits per heavy atom. The number of carbonyl (C=O) groups is 1. The van der Waals surface area contributed by atoms with E-state index in [-0.39, 0.29) is 17.3 Å². The second kappa shape index (κ2) is 12.7. The van der Waals surface area contributed by atoms with Crippen molar-refractivity contribution >= 4 is 47.2 Å². The van der Waals surface area contributed by atoms with Crippen LogP contribution in [0.1, 0.15) is 5.56 Å². The Labute approximate surface area is 227 Å². The number of halogens is 1. The van der Waals surface area contributed by atoms with E-state index in [2.05, 4.69) is 20.7 Å². The zero-order chi connectivity index (χ0) is 26.9. The molecule has 0 saturated carbocycles. The summed E-state index contributed by atoms with van der Waals surface area (Å²) in [5.41, 5.74) is 4.45. The van der Waals surface area contributed by atoms with Gasteiger partial charge in [0, 0.05) is 28.6 Å². The average Bonchev–Trinajstić information content (AvgIpc) is 3.36. The lowest BCUT2D eigenvalue weighted by Gasteiger charge is -2.11. The van der Waals surface area contributed by atoms with Gasteiger partial charge in [-0.05, 0) is 66.7 Å². The minimum absolute atomic E-state index is 0.0172. The first-order valence-electron chi connectivity index (χ1n) is 11.2. The molecule has 1 N–H and O–H groups in total. The van der Waals surface area contributed by atoms with Crippen molar-refractivity contribution in [2.24, 2.45) is 5.10 Å². The van der Waals surface area contributed by atoms with Gasteiger partial charge in [-0.2, -0.15) is 5.10 Å². The summed E-state index contributed by atoms with van der Waals surface area (Å²) in [7, 11) is 1.60. The van der Waals surface area contributed by atoms with Crippen LogP contribution in [0.5, 0.6) is 5.75 Å². The Bertz CT molecular complexity index is 1490. The van der Waals surface area contributed by atoms with Gasteiger partial charge < -0.3 is 4.74 Å². The van der Waals surface area contributed by atoms with Gasteiger partial charge in [0.2, 0.25) is 0 Å². The monoisotopic (exact) mass is 548 g/mol. The Hall–Kier alpha value is -4.48. The Balaban J connectivity index is 1.44. The topological polar surface area (TPSA) is 125 Å². The number of amides is 1. The summed E-state index contributed by atoms with van der Waals surface area (Å²) in [6.45, 7) is 0. The van der Waals surface area contributed by atoms with Crippen LogP contribution < -0.4 is 10.2 Å². The number of rotatable bonds is 10. The van der Waals surface area contributed by atoms with Gasteiger partial charge in [0.05, 0.1) is 23.3 Å². The minimum atomic E-state index is -0.460. The molecule has 1 aromatic heterocycles. The number of ether oxygens (including phenoxy) is 1. The van der Waals surface area contributed by atoms with E-state index in [0.717, 1.165) is 17.0 Å². The van der Waals surface area contributed by atoms with Crippen LogP contribution in [0.4, 0.5) is 5.69 Å². The molecule has 0 aliphatic carbocycles. The largest absolute Gasteiger partial charge is 0.497 e. The third kappa shape index (κ3) is 6.64. The molecule has 0 aliphatic heterocycles. The maximum absolute atomic E-state index is 12.4. The zero-order valence-corrected chi connectivity index (χ0v) is 21.6. The average molecular weight is 549 g/mol. The molecular weight excluding hydrogens is 528 g/mol. The number of hydrazone groups is 1. The molecule has 192 valence electrons. The van der Waals surface area contributed by atoms with E-state index >= 15 is 0 Å². The Morgan fingerprint density at radius 1 is 1.13 bits per heavy atom. The summed E-state index contributed by atoms with van der Waals surface area (Å²) in [5, 5.41) is 24.7. The SMILES string of the molecule is COc1ccc(-c2nnc(SCC(=O)N/N=C\C=C\c3ccccc3[N+](=O)[O-])n2-c2ccc(Cl)cc2)cc1. The van der Waals surface area contributed by atoms with Gasteiger partial charge >= 0.3 is 0 Å². The molecule has 0 bridgehead atoms. The number of hydrogen-bond donors (Lipinski definition) is 1. The number of hydrogen-bond acceptors (Lipinski definition) is 8. The van der Waals surface area contributed by atoms with Gasteiger partial charge in [-0.1, -0.05) is 35.5 Å². The molecule has 0 radical (unpaired) electrons. The standard InChI is InChI=1S/C26H21ClN6O4S/c1-37-22-14-8-19(9-15-22)25-30-31-26(32(25)21-12-10-20(27)11-13-21)38-17-24(34)29-28-16-4-6-18-5-2-3-7-23(18)33(35)36/h2-16H,17H2,1H3,(H,29,34)/b6-4+,28-16-. The molecular formula is C26H21ClN6O4S.